The maximum absolute atomic E-state index is 4.38. The first-order valence-electron chi connectivity index (χ1n) is 4.97. The summed E-state index contributed by atoms with van der Waals surface area (Å²) in [6.07, 6.45) is 1.85. The fourth-order valence-electron chi connectivity index (χ4n) is 2.07. The maximum atomic E-state index is 4.38. The topological polar surface area (TPSA) is 29.9 Å². The summed E-state index contributed by atoms with van der Waals surface area (Å²) in [5, 5.41) is 4.54. The van der Waals surface area contributed by atoms with E-state index in [0.29, 0.717) is 5.92 Å². The standard InChI is InChI=1S/C11H13N3.2ClH/c1-14-10(9-6-12-7-9)5-8-3-2-4-13-11(8)14;;/h2-5,9,12H,6-7H2,1H3;2*1H. The van der Waals surface area contributed by atoms with Crippen LogP contribution in [0.4, 0.5) is 0 Å². The second-order valence-electron chi connectivity index (χ2n) is 3.90. The summed E-state index contributed by atoms with van der Waals surface area (Å²) < 4.78 is 2.21. The molecule has 1 aliphatic rings. The molecule has 0 unspecified atom stereocenters. The van der Waals surface area contributed by atoms with E-state index in [4.69, 9.17) is 0 Å². The molecule has 0 radical (unpaired) electrons. The van der Waals surface area contributed by atoms with Crippen molar-refractivity contribution in [1.29, 1.82) is 0 Å². The predicted molar refractivity (Wildman–Crippen MR) is 70.8 cm³/mol. The van der Waals surface area contributed by atoms with E-state index in [2.05, 4.69) is 34.0 Å². The van der Waals surface area contributed by atoms with E-state index in [-0.39, 0.29) is 24.8 Å². The second kappa shape index (κ2) is 5.04. The van der Waals surface area contributed by atoms with Gasteiger partial charge in [-0.1, -0.05) is 0 Å². The number of pyridine rings is 1. The molecule has 0 aromatic carbocycles. The highest BCUT2D eigenvalue weighted by atomic mass is 35.5. The van der Waals surface area contributed by atoms with Gasteiger partial charge < -0.3 is 9.88 Å². The van der Waals surface area contributed by atoms with Crippen LogP contribution in [-0.4, -0.2) is 22.6 Å². The zero-order valence-electron chi connectivity index (χ0n) is 9.01. The van der Waals surface area contributed by atoms with Crippen molar-refractivity contribution in [2.45, 2.75) is 5.92 Å². The molecule has 0 amide bonds. The molecule has 1 saturated heterocycles. The van der Waals surface area contributed by atoms with Gasteiger partial charge >= 0.3 is 0 Å². The Balaban J connectivity index is 0.000000640. The largest absolute Gasteiger partial charge is 0.332 e. The number of halogens is 2. The number of hydrogen-bond acceptors (Lipinski definition) is 2. The molecule has 0 spiro atoms. The molecule has 3 heterocycles. The molecule has 0 aliphatic carbocycles. The average Bonchev–Trinajstić information content (AvgIpc) is 2.43. The second-order valence-corrected chi connectivity index (χ2v) is 3.90. The summed E-state index contributed by atoms with van der Waals surface area (Å²) in [4.78, 5) is 4.38. The van der Waals surface area contributed by atoms with E-state index in [1.54, 1.807) is 0 Å². The van der Waals surface area contributed by atoms with Gasteiger partial charge in [0, 0.05) is 43.3 Å². The number of nitrogens with one attached hydrogen (secondary N) is 1. The molecule has 1 fully saturated rings. The van der Waals surface area contributed by atoms with Crippen molar-refractivity contribution in [2.75, 3.05) is 13.1 Å². The molecule has 88 valence electrons. The lowest BCUT2D eigenvalue weighted by Crippen LogP contribution is -2.40. The highest BCUT2D eigenvalue weighted by molar-refractivity contribution is 5.85. The Bertz CT molecular complexity index is 477. The van der Waals surface area contributed by atoms with Crippen LogP contribution < -0.4 is 5.32 Å². The van der Waals surface area contributed by atoms with Crippen molar-refractivity contribution >= 4 is 35.8 Å². The molecule has 1 N–H and O–H groups in total. The third-order valence-corrected chi connectivity index (χ3v) is 3.03. The Morgan fingerprint density at radius 1 is 1.38 bits per heavy atom. The van der Waals surface area contributed by atoms with Crippen LogP contribution in [0.25, 0.3) is 11.0 Å². The van der Waals surface area contributed by atoms with E-state index >= 15 is 0 Å². The fraction of sp³-hybridized carbons (Fsp3) is 0.364. The van der Waals surface area contributed by atoms with Crippen LogP contribution in [0.2, 0.25) is 0 Å². The van der Waals surface area contributed by atoms with Crippen LogP contribution in [0.15, 0.2) is 24.4 Å². The molecule has 2 aromatic rings. The van der Waals surface area contributed by atoms with Gasteiger partial charge in [-0.2, -0.15) is 0 Å². The van der Waals surface area contributed by atoms with Crippen molar-refractivity contribution in [3.8, 4) is 0 Å². The molecular weight excluding hydrogens is 245 g/mol. The number of aromatic nitrogens is 2. The van der Waals surface area contributed by atoms with Crippen LogP contribution in [0.1, 0.15) is 11.6 Å². The van der Waals surface area contributed by atoms with Crippen LogP contribution in [-0.2, 0) is 7.05 Å². The van der Waals surface area contributed by atoms with E-state index in [0.717, 1.165) is 18.7 Å². The van der Waals surface area contributed by atoms with Gasteiger partial charge in [-0.25, -0.2) is 4.98 Å². The Hall–Kier alpha value is -0.770. The number of aryl methyl sites for hydroxylation is 1. The molecule has 3 rings (SSSR count). The minimum Gasteiger partial charge on any atom is -0.332 e. The fourth-order valence-corrected chi connectivity index (χ4v) is 2.07. The van der Waals surface area contributed by atoms with Crippen molar-refractivity contribution in [2.24, 2.45) is 7.05 Å². The minimum absolute atomic E-state index is 0. The minimum atomic E-state index is 0. The number of rotatable bonds is 1. The van der Waals surface area contributed by atoms with E-state index in [1.807, 2.05) is 12.3 Å². The highest BCUT2D eigenvalue weighted by Crippen LogP contribution is 2.25. The molecule has 16 heavy (non-hydrogen) atoms. The molecule has 3 nitrogen and oxygen atoms in total. The summed E-state index contributed by atoms with van der Waals surface area (Å²) in [6, 6.07) is 6.37. The Labute approximate surface area is 107 Å². The van der Waals surface area contributed by atoms with Gasteiger partial charge in [-0.15, -0.1) is 24.8 Å². The average molecular weight is 260 g/mol. The van der Waals surface area contributed by atoms with E-state index in [1.165, 1.54) is 11.1 Å². The van der Waals surface area contributed by atoms with Gasteiger partial charge in [0.25, 0.3) is 0 Å². The number of nitrogens with zero attached hydrogens (tertiary/aromatic N) is 2. The summed E-state index contributed by atoms with van der Waals surface area (Å²) in [5.41, 5.74) is 2.49. The predicted octanol–water partition coefficient (Wildman–Crippen LogP) is 2.10. The highest BCUT2D eigenvalue weighted by Gasteiger charge is 2.22. The quantitative estimate of drug-likeness (QED) is 0.851. The molecule has 5 heteroatoms. The molecule has 0 bridgehead atoms. The van der Waals surface area contributed by atoms with Crippen molar-refractivity contribution < 1.29 is 0 Å². The molecule has 0 atom stereocenters. The third kappa shape index (κ3) is 1.90. The first-order chi connectivity index (χ1) is 6.86. The zero-order valence-corrected chi connectivity index (χ0v) is 10.6. The van der Waals surface area contributed by atoms with Gasteiger partial charge in [0.15, 0.2) is 0 Å². The molecule has 0 saturated carbocycles. The van der Waals surface area contributed by atoms with E-state index in [9.17, 15) is 0 Å². The third-order valence-electron chi connectivity index (χ3n) is 3.03. The zero-order chi connectivity index (χ0) is 9.54. The molecule has 2 aromatic heterocycles. The first kappa shape index (κ1) is 13.3. The smallest absolute Gasteiger partial charge is 0.139 e. The van der Waals surface area contributed by atoms with Crippen molar-refractivity contribution in [1.82, 2.24) is 14.9 Å². The Morgan fingerprint density at radius 2 is 2.12 bits per heavy atom. The summed E-state index contributed by atoms with van der Waals surface area (Å²) >= 11 is 0. The summed E-state index contributed by atoms with van der Waals surface area (Å²) in [7, 11) is 2.10. The lowest BCUT2D eigenvalue weighted by atomic mass is 9.99. The molecule has 1 aliphatic heterocycles. The van der Waals surface area contributed by atoms with Gasteiger partial charge in [-0.05, 0) is 18.2 Å². The maximum Gasteiger partial charge on any atom is 0.139 e. The van der Waals surface area contributed by atoms with Gasteiger partial charge in [0.1, 0.15) is 5.65 Å². The monoisotopic (exact) mass is 259 g/mol. The van der Waals surface area contributed by atoms with E-state index < -0.39 is 0 Å². The summed E-state index contributed by atoms with van der Waals surface area (Å²) in [5.74, 6) is 0.675. The van der Waals surface area contributed by atoms with Crippen LogP contribution >= 0.6 is 24.8 Å². The lowest BCUT2D eigenvalue weighted by molar-refractivity contribution is 0.432. The van der Waals surface area contributed by atoms with Crippen molar-refractivity contribution in [3.63, 3.8) is 0 Å². The summed E-state index contributed by atoms with van der Waals surface area (Å²) in [6.45, 7) is 2.20. The van der Waals surface area contributed by atoms with Crippen LogP contribution in [0, 0.1) is 0 Å². The number of fused-ring (bicyclic) bond motifs is 1. The van der Waals surface area contributed by atoms with Gasteiger partial charge in [0.05, 0.1) is 0 Å². The number of hydrogen-bond donors (Lipinski definition) is 1. The van der Waals surface area contributed by atoms with Gasteiger partial charge in [-0.3, -0.25) is 0 Å². The Kier molecular flexibility index (Phi) is 4.19. The van der Waals surface area contributed by atoms with Crippen molar-refractivity contribution in [3.05, 3.63) is 30.1 Å². The SMILES string of the molecule is Cl.Cl.Cn1c(C2CNC2)cc2cccnc21. The Morgan fingerprint density at radius 3 is 2.69 bits per heavy atom. The lowest BCUT2D eigenvalue weighted by Gasteiger charge is -2.27. The van der Waals surface area contributed by atoms with Crippen LogP contribution in [0.3, 0.4) is 0 Å². The van der Waals surface area contributed by atoms with Gasteiger partial charge in [0.2, 0.25) is 0 Å². The normalized spacial score (nSPS) is 15.1. The molecular formula is C11H15Cl2N3. The first-order valence-corrected chi connectivity index (χ1v) is 4.97. The van der Waals surface area contributed by atoms with Crippen LogP contribution in [0.5, 0.6) is 0 Å².